The number of nitro groups is 1. The number of hydrogen-bond donors (Lipinski definition) is 1. The lowest BCUT2D eigenvalue weighted by Gasteiger charge is -2.06. The van der Waals surface area contributed by atoms with Crippen molar-refractivity contribution in [2.24, 2.45) is 0 Å². The standard InChI is InChI=1S/C14H15N3O2S/c1-9(2)10-3-5-11(6-4-10)20-13-8-7-12(17(18)19)14(15)16-13/h3-9H,1-2H3,(H2,15,16). The largest absolute Gasteiger partial charge is 0.378 e. The molecule has 1 heterocycles. The number of rotatable bonds is 4. The number of hydrogen-bond acceptors (Lipinski definition) is 5. The molecule has 0 amide bonds. The molecule has 104 valence electrons. The van der Waals surface area contributed by atoms with Gasteiger partial charge in [-0.2, -0.15) is 0 Å². The Morgan fingerprint density at radius 2 is 1.85 bits per heavy atom. The smallest absolute Gasteiger partial charge is 0.311 e. The number of benzene rings is 1. The Hall–Kier alpha value is -2.08. The SMILES string of the molecule is CC(C)c1ccc(Sc2ccc([N+](=O)[O-])c(N)n2)cc1. The average molecular weight is 289 g/mol. The molecule has 0 bridgehead atoms. The predicted octanol–water partition coefficient (Wildman–Crippen LogP) is 3.85. The molecule has 0 aliphatic rings. The summed E-state index contributed by atoms with van der Waals surface area (Å²) in [5.74, 6) is 0.431. The summed E-state index contributed by atoms with van der Waals surface area (Å²) in [7, 11) is 0. The Morgan fingerprint density at radius 1 is 1.20 bits per heavy atom. The van der Waals surface area contributed by atoms with Crippen LogP contribution in [0.25, 0.3) is 0 Å². The molecule has 2 rings (SSSR count). The fourth-order valence-electron chi connectivity index (χ4n) is 1.70. The van der Waals surface area contributed by atoms with E-state index in [-0.39, 0.29) is 11.5 Å². The van der Waals surface area contributed by atoms with Gasteiger partial charge in [0.15, 0.2) is 0 Å². The monoisotopic (exact) mass is 289 g/mol. The van der Waals surface area contributed by atoms with Gasteiger partial charge in [0.1, 0.15) is 5.03 Å². The minimum Gasteiger partial charge on any atom is -0.378 e. The highest BCUT2D eigenvalue weighted by molar-refractivity contribution is 7.99. The zero-order valence-electron chi connectivity index (χ0n) is 11.2. The zero-order valence-corrected chi connectivity index (χ0v) is 12.1. The molecule has 6 heteroatoms. The third-order valence-electron chi connectivity index (χ3n) is 2.84. The highest BCUT2D eigenvalue weighted by Crippen LogP contribution is 2.30. The van der Waals surface area contributed by atoms with Gasteiger partial charge in [-0.25, -0.2) is 4.98 Å². The number of nitrogens with zero attached hydrogens (tertiary/aromatic N) is 2. The summed E-state index contributed by atoms with van der Waals surface area (Å²) in [4.78, 5) is 15.2. The second-order valence-corrected chi connectivity index (χ2v) is 5.73. The summed E-state index contributed by atoms with van der Waals surface area (Å²) >= 11 is 1.43. The number of nitrogen functional groups attached to an aromatic ring is 1. The minimum atomic E-state index is -0.534. The van der Waals surface area contributed by atoms with Crippen LogP contribution in [0.5, 0.6) is 0 Å². The van der Waals surface area contributed by atoms with Gasteiger partial charge >= 0.3 is 5.69 Å². The highest BCUT2D eigenvalue weighted by atomic mass is 32.2. The molecule has 1 aromatic carbocycles. The maximum Gasteiger partial charge on any atom is 0.311 e. The van der Waals surface area contributed by atoms with Gasteiger partial charge in [0.2, 0.25) is 5.82 Å². The van der Waals surface area contributed by atoms with Crippen LogP contribution in [0.2, 0.25) is 0 Å². The molecule has 0 fully saturated rings. The van der Waals surface area contributed by atoms with E-state index in [4.69, 9.17) is 5.73 Å². The molecular formula is C14H15N3O2S. The van der Waals surface area contributed by atoms with Crippen LogP contribution >= 0.6 is 11.8 Å². The van der Waals surface area contributed by atoms with Gasteiger partial charge in [-0.3, -0.25) is 10.1 Å². The summed E-state index contributed by atoms with van der Waals surface area (Å²) < 4.78 is 0. The molecule has 2 N–H and O–H groups in total. The van der Waals surface area contributed by atoms with Crippen LogP contribution in [0.3, 0.4) is 0 Å². The normalized spacial score (nSPS) is 10.8. The van der Waals surface area contributed by atoms with Crippen molar-refractivity contribution in [1.82, 2.24) is 4.98 Å². The summed E-state index contributed by atoms with van der Waals surface area (Å²) in [6, 6.07) is 11.2. The van der Waals surface area contributed by atoms with Crippen LogP contribution in [-0.4, -0.2) is 9.91 Å². The Morgan fingerprint density at radius 3 is 2.35 bits per heavy atom. The van der Waals surface area contributed by atoms with Gasteiger partial charge in [-0.15, -0.1) is 0 Å². The van der Waals surface area contributed by atoms with Crippen molar-refractivity contribution in [3.05, 3.63) is 52.1 Å². The van der Waals surface area contributed by atoms with Crippen LogP contribution in [0.1, 0.15) is 25.3 Å². The fraction of sp³-hybridized carbons (Fsp3) is 0.214. The Bertz CT molecular complexity index is 627. The molecule has 1 aromatic heterocycles. The third kappa shape index (κ3) is 3.27. The first-order valence-corrected chi connectivity index (χ1v) is 6.97. The van der Waals surface area contributed by atoms with Crippen molar-refractivity contribution in [3.63, 3.8) is 0 Å². The molecule has 0 aliphatic carbocycles. The number of pyridine rings is 1. The van der Waals surface area contributed by atoms with Gasteiger partial charge in [0.25, 0.3) is 0 Å². The molecule has 0 atom stereocenters. The van der Waals surface area contributed by atoms with Crippen LogP contribution < -0.4 is 5.73 Å². The van der Waals surface area contributed by atoms with Crippen LogP contribution in [0, 0.1) is 10.1 Å². The van der Waals surface area contributed by atoms with E-state index in [1.54, 1.807) is 6.07 Å². The summed E-state index contributed by atoms with van der Waals surface area (Å²) in [5, 5.41) is 11.3. The third-order valence-corrected chi connectivity index (χ3v) is 3.79. The molecule has 0 spiro atoms. The maximum absolute atomic E-state index is 10.7. The lowest BCUT2D eigenvalue weighted by atomic mass is 10.0. The molecule has 20 heavy (non-hydrogen) atoms. The van der Waals surface area contributed by atoms with Gasteiger partial charge in [-0.05, 0) is 29.7 Å². The Balaban J connectivity index is 2.17. The fourth-order valence-corrected chi connectivity index (χ4v) is 2.50. The van der Waals surface area contributed by atoms with Gasteiger partial charge < -0.3 is 5.73 Å². The lowest BCUT2D eigenvalue weighted by molar-refractivity contribution is -0.384. The topological polar surface area (TPSA) is 82.0 Å². The highest BCUT2D eigenvalue weighted by Gasteiger charge is 2.13. The van der Waals surface area contributed by atoms with E-state index in [9.17, 15) is 10.1 Å². The maximum atomic E-state index is 10.7. The van der Waals surface area contributed by atoms with Crippen molar-refractivity contribution in [2.45, 2.75) is 29.7 Å². The van der Waals surface area contributed by atoms with Crippen molar-refractivity contribution >= 4 is 23.3 Å². The Labute approximate surface area is 121 Å². The van der Waals surface area contributed by atoms with E-state index < -0.39 is 4.92 Å². The summed E-state index contributed by atoms with van der Waals surface area (Å²) in [5.41, 5.74) is 6.68. The molecule has 0 aliphatic heterocycles. The predicted molar refractivity (Wildman–Crippen MR) is 80.0 cm³/mol. The van der Waals surface area contributed by atoms with E-state index in [1.165, 1.54) is 23.4 Å². The average Bonchev–Trinajstić information content (AvgIpc) is 2.39. The first kappa shape index (κ1) is 14.3. The summed E-state index contributed by atoms with van der Waals surface area (Å²) in [6.45, 7) is 4.28. The summed E-state index contributed by atoms with van der Waals surface area (Å²) in [6.07, 6.45) is 0. The Kier molecular flexibility index (Phi) is 4.24. The quantitative estimate of drug-likeness (QED) is 0.683. The van der Waals surface area contributed by atoms with E-state index in [0.29, 0.717) is 10.9 Å². The van der Waals surface area contributed by atoms with Crippen LogP contribution in [0.4, 0.5) is 11.5 Å². The number of nitrogens with two attached hydrogens (primary N) is 1. The van der Waals surface area contributed by atoms with Crippen LogP contribution in [-0.2, 0) is 0 Å². The molecule has 0 saturated heterocycles. The second kappa shape index (κ2) is 5.92. The second-order valence-electron chi connectivity index (χ2n) is 4.64. The first-order valence-electron chi connectivity index (χ1n) is 6.16. The molecule has 0 saturated carbocycles. The van der Waals surface area contributed by atoms with Gasteiger partial charge in [-0.1, -0.05) is 37.7 Å². The van der Waals surface area contributed by atoms with Crippen molar-refractivity contribution in [3.8, 4) is 0 Å². The van der Waals surface area contributed by atoms with Crippen molar-refractivity contribution in [2.75, 3.05) is 5.73 Å². The van der Waals surface area contributed by atoms with Crippen LogP contribution in [0.15, 0.2) is 46.3 Å². The zero-order chi connectivity index (χ0) is 14.7. The van der Waals surface area contributed by atoms with Crippen molar-refractivity contribution in [1.29, 1.82) is 0 Å². The van der Waals surface area contributed by atoms with E-state index in [1.807, 2.05) is 12.1 Å². The van der Waals surface area contributed by atoms with E-state index in [2.05, 4.69) is 31.0 Å². The molecule has 0 radical (unpaired) electrons. The number of aromatic nitrogens is 1. The van der Waals surface area contributed by atoms with Crippen molar-refractivity contribution < 1.29 is 4.92 Å². The van der Waals surface area contributed by atoms with E-state index >= 15 is 0 Å². The molecular weight excluding hydrogens is 274 g/mol. The molecule has 0 unspecified atom stereocenters. The molecule has 2 aromatic rings. The first-order chi connectivity index (χ1) is 9.47. The number of anilines is 1. The van der Waals surface area contributed by atoms with Gasteiger partial charge in [0, 0.05) is 11.0 Å². The lowest BCUT2D eigenvalue weighted by Crippen LogP contribution is -1.98. The molecule has 5 nitrogen and oxygen atoms in total. The minimum absolute atomic E-state index is 0.0567. The van der Waals surface area contributed by atoms with E-state index in [0.717, 1.165) is 4.90 Å². The van der Waals surface area contributed by atoms with Gasteiger partial charge in [0.05, 0.1) is 4.92 Å².